The molecule has 12 heteroatoms. The molecule has 0 unspecified atom stereocenters. The van der Waals surface area contributed by atoms with Gasteiger partial charge < -0.3 is 9.55 Å². The molecule has 34 heavy (non-hydrogen) atoms. The summed E-state index contributed by atoms with van der Waals surface area (Å²) in [5.74, 6) is 0. The van der Waals surface area contributed by atoms with E-state index in [0.29, 0.717) is 10.6 Å². The van der Waals surface area contributed by atoms with Gasteiger partial charge in [0.15, 0.2) is 0 Å². The standard InChI is InChI=1S/C22H13F9N2O/c1-10-17(11-3-2-4-12(7-11)21(26,27)28)19-15(33(10)9-20(23,24)25)6-5-14-18(19)13(22(29,30)31)8-16(34)32-14/h2-8H,9H2,1H3,(H,32,34). The summed E-state index contributed by atoms with van der Waals surface area (Å²) in [6, 6.07) is 6.01. The van der Waals surface area contributed by atoms with Crippen LogP contribution in [-0.2, 0) is 18.9 Å². The third-order valence-electron chi connectivity index (χ3n) is 5.41. The van der Waals surface area contributed by atoms with Crippen LogP contribution < -0.4 is 5.56 Å². The van der Waals surface area contributed by atoms with Gasteiger partial charge in [0.25, 0.3) is 0 Å². The molecule has 0 aliphatic carbocycles. The van der Waals surface area contributed by atoms with E-state index in [0.717, 1.165) is 24.3 Å². The summed E-state index contributed by atoms with van der Waals surface area (Å²) in [4.78, 5) is 14.0. The number of hydrogen-bond donors (Lipinski definition) is 1. The number of halogens is 9. The number of aromatic nitrogens is 2. The number of nitrogens with zero attached hydrogens (tertiary/aromatic N) is 1. The van der Waals surface area contributed by atoms with Crippen molar-refractivity contribution in [2.75, 3.05) is 0 Å². The van der Waals surface area contributed by atoms with Crippen molar-refractivity contribution in [2.24, 2.45) is 0 Å². The van der Waals surface area contributed by atoms with Crippen LogP contribution in [0.2, 0.25) is 0 Å². The Morgan fingerprint density at radius 3 is 2.12 bits per heavy atom. The number of alkyl halides is 9. The van der Waals surface area contributed by atoms with Crippen LogP contribution in [-0.4, -0.2) is 15.7 Å². The molecule has 0 aliphatic rings. The van der Waals surface area contributed by atoms with Crippen molar-refractivity contribution in [2.45, 2.75) is 32.0 Å². The first kappa shape index (κ1) is 23.7. The fraction of sp³-hybridized carbons (Fsp3) is 0.227. The Kier molecular flexibility index (Phi) is 5.26. The zero-order valence-corrected chi connectivity index (χ0v) is 17.0. The van der Waals surface area contributed by atoms with Gasteiger partial charge in [-0.1, -0.05) is 12.1 Å². The SMILES string of the molecule is Cc1c(-c2cccc(C(F)(F)F)c2)c2c3c(C(F)(F)F)cc(=O)[nH]c3ccc2n1CC(F)(F)F. The molecule has 2 aromatic carbocycles. The Hall–Kier alpha value is -3.44. The van der Waals surface area contributed by atoms with Gasteiger partial charge in [0.1, 0.15) is 6.54 Å². The van der Waals surface area contributed by atoms with Crippen molar-refractivity contribution >= 4 is 21.8 Å². The van der Waals surface area contributed by atoms with Gasteiger partial charge in [0.2, 0.25) is 5.56 Å². The minimum atomic E-state index is -5.06. The number of fused-ring (bicyclic) bond motifs is 3. The van der Waals surface area contributed by atoms with Gasteiger partial charge in [-0.05, 0) is 36.8 Å². The quantitative estimate of drug-likeness (QED) is 0.299. The Labute approximate surface area is 184 Å². The van der Waals surface area contributed by atoms with Crippen molar-refractivity contribution in [3.63, 3.8) is 0 Å². The minimum Gasteiger partial charge on any atom is -0.335 e. The Bertz CT molecular complexity index is 1470. The number of rotatable bonds is 2. The molecule has 2 aromatic heterocycles. The van der Waals surface area contributed by atoms with Crippen molar-refractivity contribution in [3.05, 3.63) is 69.6 Å². The van der Waals surface area contributed by atoms with Crippen LogP contribution >= 0.6 is 0 Å². The fourth-order valence-electron chi connectivity index (χ4n) is 4.13. The summed E-state index contributed by atoms with van der Waals surface area (Å²) >= 11 is 0. The van der Waals surface area contributed by atoms with Crippen LogP contribution in [0.4, 0.5) is 39.5 Å². The van der Waals surface area contributed by atoms with Crippen LogP contribution in [0.5, 0.6) is 0 Å². The molecule has 4 aromatic rings. The summed E-state index contributed by atoms with van der Waals surface area (Å²) in [6.45, 7) is -0.392. The van der Waals surface area contributed by atoms with E-state index in [-0.39, 0.29) is 39.3 Å². The Morgan fingerprint density at radius 1 is 0.853 bits per heavy atom. The molecule has 2 heterocycles. The molecular formula is C22H13F9N2O. The summed E-state index contributed by atoms with van der Waals surface area (Å²) in [5.41, 5.74) is -4.83. The van der Waals surface area contributed by atoms with Crippen molar-refractivity contribution in [1.29, 1.82) is 0 Å². The van der Waals surface area contributed by atoms with E-state index in [9.17, 15) is 44.3 Å². The number of aromatic amines is 1. The summed E-state index contributed by atoms with van der Waals surface area (Å²) in [5, 5.41) is -0.955. The molecular weight excluding hydrogens is 479 g/mol. The van der Waals surface area contributed by atoms with E-state index >= 15 is 0 Å². The zero-order valence-electron chi connectivity index (χ0n) is 17.0. The Morgan fingerprint density at radius 2 is 1.53 bits per heavy atom. The molecule has 0 amide bonds. The number of hydrogen-bond acceptors (Lipinski definition) is 1. The van der Waals surface area contributed by atoms with E-state index in [1.807, 2.05) is 0 Å². The third kappa shape index (κ3) is 4.12. The largest absolute Gasteiger partial charge is 0.417 e. The molecule has 1 N–H and O–H groups in total. The van der Waals surface area contributed by atoms with Crippen LogP contribution in [0.1, 0.15) is 16.8 Å². The van der Waals surface area contributed by atoms with Gasteiger partial charge in [-0.2, -0.15) is 39.5 Å². The smallest absolute Gasteiger partial charge is 0.335 e. The van der Waals surface area contributed by atoms with Gasteiger partial charge in [-0.25, -0.2) is 0 Å². The molecule has 0 spiro atoms. The highest BCUT2D eigenvalue weighted by Gasteiger charge is 2.37. The first-order valence-electron chi connectivity index (χ1n) is 9.58. The summed E-state index contributed by atoms with van der Waals surface area (Å²) < 4.78 is 122. The first-order chi connectivity index (χ1) is 15.6. The predicted octanol–water partition coefficient (Wildman–Crippen LogP) is 7.06. The lowest BCUT2D eigenvalue weighted by molar-refractivity contribution is -0.140. The van der Waals surface area contributed by atoms with Crippen LogP contribution in [0.3, 0.4) is 0 Å². The highest BCUT2D eigenvalue weighted by molar-refractivity contribution is 6.15. The van der Waals surface area contributed by atoms with Crippen molar-refractivity contribution in [1.82, 2.24) is 9.55 Å². The van der Waals surface area contributed by atoms with Crippen LogP contribution in [0.15, 0.2) is 47.3 Å². The van der Waals surface area contributed by atoms with Crippen LogP contribution in [0.25, 0.3) is 32.9 Å². The van der Waals surface area contributed by atoms with Crippen molar-refractivity contribution in [3.8, 4) is 11.1 Å². The molecule has 0 radical (unpaired) electrons. The predicted molar refractivity (Wildman–Crippen MR) is 106 cm³/mol. The second-order valence-electron chi connectivity index (χ2n) is 7.67. The lowest BCUT2D eigenvalue weighted by atomic mass is 9.95. The number of benzene rings is 2. The highest BCUT2D eigenvalue weighted by Crippen LogP contribution is 2.44. The highest BCUT2D eigenvalue weighted by atomic mass is 19.4. The molecule has 0 bridgehead atoms. The molecule has 3 nitrogen and oxygen atoms in total. The van der Waals surface area contributed by atoms with Gasteiger partial charge in [-0.3, -0.25) is 4.79 Å². The molecule has 0 fully saturated rings. The molecule has 0 saturated carbocycles. The third-order valence-corrected chi connectivity index (χ3v) is 5.41. The van der Waals surface area contributed by atoms with Crippen molar-refractivity contribution < 1.29 is 39.5 Å². The summed E-state index contributed by atoms with van der Waals surface area (Å²) in [6.07, 6.45) is -14.6. The number of pyridine rings is 1. The lowest BCUT2D eigenvalue weighted by Crippen LogP contribution is -2.18. The normalized spacial score (nSPS) is 13.2. The second kappa shape index (κ2) is 7.54. The van der Waals surface area contributed by atoms with E-state index in [2.05, 4.69) is 4.98 Å². The monoisotopic (exact) mass is 492 g/mol. The molecule has 0 atom stereocenters. The maximum Gasteiger partial charge on any atom is 0.417 e. The molecule has 0 aliphatic heterocycles. The fourth-order valence-corrected chi connectivity index (χ4v) is 4.13. The second-order valence-corrected chi connectivity index (χ2v) is 7.67. The van der Waals surface area contributed by atoms with Crippen LogP contribution in [0, 0.1) is 6.92 Å². The van der Waals surface area contributed by atoms with Gasteiger partial charge >= 0.3 is 18.5 Å². The Balaban J connectivity index is 2.24. The summed E-state index contributed by atoms with van der Waals surface area (Å²) in [7, 11) is 0. The average Bonchev–Trinajstić information content (AvgIpc) is 2.96. The average molecular weight is 492 g/mol. The van der Waals surface area contributed by atoms with E-state index in [1.54, 1.807) is 0 Å². The maximum absolute atomic E-state index is 13.9. The zero-order chi connectivity index (χ0) is 25.2. The number of nitrogens with one attached hydrogen (secondary N) is 1. The molecule has 4 rings (SSSR count). The topological polar surface area (TPSA) is 37.8 Å². The van der Waals surface area contributed by atoms with Gasteiger partial charge in [-0.15, -0.1) is 0 Å². The molecule has 180 valence electrons. The minimum absolute atomic E-state index is 0.182. The lowest BCUT2D eigenvalue weighted by Gasteiger charge is -2.13. The van der Waals surface area contributed by atoms with E-state index < -0.39 is 47.1 Å². The van der Waals surface area contributed by atoms with Gasteiger partial charge in [0.05, 0.1) is 11.1 Å². The first-order valence-corrected chi connectivity index (χ1v) is 9.58. The van der Waals surface area contributed by atoms with Gasteiger partial charge in [0, 0.05) is 39.1 Å². The maximum atomic E-state index is 13.9. The van der Waals surface area contributed by atoms with E-state index in [1.165, 1.54) is 13.0 Å². The number of H-pyrrole nitrogens is 1. The molecule has 0 saturated heterocycles. The van der Waals surface area contributed by atoms with E-state index in [4.69, 9.17) is 0 Å².